The van der Waals surface area contributed by atoms with Crippen LogP contribution in [0.15, 0.2) is 24.3 Å². The van der Waals surface area contributed by atoms with Crippen molar-refractivity contribution in [1.82, 2.24) is 0 Å². The summed E-state index contributed by atoms with van der Waals surface area (Å²) < 4.78 is 0. The predicted octanol–water partition coefficient (Wildman–Crippen LogP) is 5.19. The summed E-state index contributed by atoms with van der Waals surface area (Å²) in [6, 6.07) is 6.80. The van der Waals surface area contributed by atoms with Crippen LogP contribution in [0.5, 0.6) is 0 Å². The van der Waals surface area contributed by atoms with Crippen LogP contribution < -0.4 is 0 Å². The second-order valence-corrected chi connectivity index (χ2v) is 5.43. The minimum Gasteiger partial charge on any atom is -0.297 e. The molecule has 0 unspecified atom stereocenters. The molecule has 16 heavy (non-hydrogen) atoms. The number of carbonyl (C=O) groups excluding carboxylic acids is 1. The molecule has 0 saturated carbocycles. The van der Waals surface area contributed by atoms with Gasteiger partial charge in [0.15, 0.2) is 6.29 Å². The smallest absolute Gasteiger partial charge is 0.160 e. The molecule has 0 aliphatic heterocycles. The van der Waals surface area contributed by atoms with Gasteiger partial charge in [0.2, 0.25) is 0 Å². The molecule has 0 atom stereocenters. The Morgan fingerprint density at radius 3 is 2.19 bits per heavy atom. The largest absolute Gasteiger partial charge is 0.297 e. The van der Waals surface area contributed by atoms with Crippen LogP contribution >= 0.6 is 46.1 Å². The fourth-order valence-electron chi connectivity index (χ4n) is 1.33. The van der Waals surface area contributed by atoms with E-state index < -0.39 is 0 Å². The molecule has 0 saturated heterocycles. The van der Waals surface area contributed by atoms with Crippen LogP contribution in [-0.2, 0) is 0 Å². The Morgan fingerprint density at radius 1 is 1.06 bits per heavy atom. The van der Waals surface area contributed by atoms with Crippen molar-refractivity contribution in [1.29, 1.82) is 0 Å². The lowest BCUT2D eigenvalue weighted by Gasteiger charge is -2.04. The van der Waals surface area contributed by atoms with E-state index in [1.807, 2.05) is 6.07 Å². The van der Waals surface area contributed by atoms with Crippen LogP contribution in [0.3, 0.4) is 0 Å². The number of carbonyl (C=O) groups is 1. The first-order valence-electron chi connectivity index (χ1n) is 4.31. The Balaban J connectivity index is 2.59. The van der Waals surface area contributed by atoms with Crippen molar-refractivity contribution in [3.05, 3.63) is 44.2 Å². The molecule has 1 nitrogen and oxygen atoms in total. The van der Waals surface area contributed by atoms with E-state index in [4.69, 9.17) is 34.8 Å². The number of rotatable bonds is 2. The third kappa shape index (κ3) is 2.25. The maximum Gasteiger partial charge on any atom is 0.160 e. The Kier molecular flexibility index (Phi) is 3.55. The molecule has 0 aliphatic carbocycles. The van der Waals surface area contributed by atoms with E-state index in [1.54, 1.807) is 18.2 Å². The molecule has 2 aromatic rings. The highest BCUT2D eigenvalue weighted by molar-refractivity contribution is 7.17. The van der Waals surface area contributed by atoms with Gasteiger partial charge in [0.1, 0.15) is 0 Å². The first-order valence-corrected chi connectivity index (χ1v) is 6.27. The minimum absolute atomic E-state index is 0.483. The van der Waals surface area contributed by atoms with E-state index >= 15 is 0 Å². The molecule has 0 amide bonds. The second-order valence-electron chi connectivity index (χ2n) is 3.06. The zero-order valence-corrected chi connectivity index (χ0v) is 10.9. The van der Waals surface area contributed by atoms with Gasteiger partial charge in [-0.25, -0.2) is 0 Å². The number of benzene rings is 1. The van der Waals surface area contributed by atoms with Gasteiger partial charge in [-0.1, -0.05) is 34.8 Å². The highest BCUT2D eigenvalue weighted by Gasteiger charge is 2.12. The molecule has 0 spiro atoms. The monoisotopic (exact) mass is 290 g/mol. The van der Waals surface area contributed by atoms with Crippen LogP contribution in [0, 0.1) is 0 Å². The van der Waals surface area contributed by atoms with E-state index in [2.05, 4.69) is 0 Å². The Bertz CT molecular complexity index is 525. The van der Waals surface area contributed by atoms with Crippen molar-refractivity contribution >= 4 is 52.4 Å². The molecule has 0 aliphatic rings. The third-order valence-corrected chi connectivity index (χ3v) is 3.84. The summed E-state index contributed by atoms with van der Waals surface area (Å²) in [4.78, 5) is 12.1. The molecule has 1 aromatic heterocycles. The standard InChI is InChI=1S/C11H5Cl3OS/c12-6-3-8(13)11(9(14)4-6)10-2-1-7(5-15)16-10/h1-5H. The van der Waals surface area contributed by atoms with Crippen molar-refractivity contribution in [2.45, 2.75) is 0 Å². The highest BCUT2D eigenvalue weighted by Crippen LogP contribution is 2.40. The molecule has 0 bridgehead atoms. The molecule has 0 fully saturated rings. The van der Waals surface area contributed by atoms with Gasteiger partial charge in [0.25, 0.3) is 0 Å². The van der Waals surface area contributed by atoms with Crippen molar-refractivity contribution in [3.8, 4) is 10.4 Å². The fraction of sp³-hybridized carbons (Fsp3) is 0. The average molecular weight is 292 g/mol. The highest BCUT2D eigenvalue weighted by atomic mass is 35.5. The molecule has 0 radical (unpaired) electrons. The fourth-order valence-corrected chi connectivity index (χ4v) is 3.36. The number of halogens is 3. The predicted molar refractivity (Wildman–Crippen MR) is 70.2 cm³/mol. The van der Waals surface area contributed by atoms with E-state index in [1.165, 1.54) is 11.3 Å². The van der Waals surface area contributed by atoms with Gasteiger partial charge in [-0.3, -0.25) is 4.79 Å². The van der Waals surface area contributed by atoms with E-state index in [0.717, 1.165) is 11.2 Å². The second kappa shape index (κ2) is 4.76. The molecule has 0 N–H and O–H groups in total. The van der Waals surface area contributed by atoms with Crippen molar-refractivity contribution < 1.29 is 4.79 Å². The van der Waals surface area contributed by atoms with Gasteiger partial charge in [0, 0.05) is 15.5 Å². The quantitative estimate of drug-likeness (QED) is 0.696. The lowest BCUT2D eigenvalue weighted by Crippen LogP contribution is -1.78. The molecular formula is C11H5Cl3OS. The normalized spacial score (nSPS) is 10.4. The van der Waals surface area contributed by atoms with Gasteiger partial charge in [-0.05, 0) is 24.3 Å². The first kappa shape index (κ1) is 11.9. The maximum absolute atomic E-state index is 10.6. The number of hydrogen-bond donors (Lipinski definition) is 0. The molecule has 2 rings (SSSR count). The van der Waals surface area contributed by atoms with Gasteiger partial charge >= 0.3 is 0 Å². The van der Waals surface area contributed by atoms with Gasteiger partial charge < -0.3 is 0 Å². The van der Waals surface area contributed by atoms with Gasteiger partial charge in [-0.15, -0.1) is 11.3 Å². The van der Waals surface area contributed by atoms with Gasteiger partial charge in [-0.2, -0.15) is 0 Å². The maximum atomic E-state index is 10.6. The van der Waals surface area contributed by atoms with Crippen LogP contribution in [-0.4, -0.2) is 6.29 Å². The summed E-state index contributed by atoms with van der Waals surface area (Å²) in [5.74, 6) is 0. The van der Waals surface area contributed by atoms with Crippen molar-refractivity contribution in [3.63, 3.8) is 0 Å². The molecular weight excluding hydrogens is 287 g/mol. The summed E-state index contributed by atoms with van der Waals surface area (Å²) in [6.45, 7) is 0. The summed E-state index contributed by atoms with van der Waals surface area (Å²) in [5, 5.41) is 1.46. The summed E-state index contributed by atoms with van der Waals surface area (Å²) >= 11 is 19.3. The minimum atomic E-state index is 0.483. The summed E-state index contributed by atoms with van der Waals surface area (Å²) in [6.07, 6.45) is 0.798. The lowest BCUT2D eigenvalue weighted by molar-refractivity contribution is 0.112. The number of hydrogen-bond acceptors (Lipinski definition) is 2. The van der Waals surface area contributed by atoms with Crippen LogP contribution in [0.25, 0.3) is 10.4 Å². The van der Waals surface area contributed by atoms with Gasteiger partial charge in [0.05, 0.1) is 14.9 Å². The Morgan fingerprint density at radius 2 is 1.69 bits per heavy atom. The van der Waals surface area contributed by atoms with E-state index in [9.17, 15) is 4.79 Å². The topological polar surface area (TPSA) is 17.1 Å². The van der Waals surface area contributed by atoms with Crippen LogP contribution in [0.2, 0.25) is 15.1 Å². The first-order chi connectivity index (χ1) is 7.61. The Hall–Kier alpha value is -0.540. The SMILES string of the molecule is O=Cc1ccc(-c2c(Cl)cc(Cl)cc2Cl)s1. The summed E-state index contributed by atoms with van der Waals surface area (Å²) in [5.41, 5.74) is 0.714. The molecule has 1 heterocycles. The molecule has 5 heteroatoms. The zero-order chi connectivity index (χ0) is 11.7. The van der Waals surface area contributed by atoms with Crippen LogP contribution in [0.4, 0.5) is 0 Å². The Labute approximate surface area is 112 Å². The summed E-state index contributed by atoms with van der Waals surface area (Å²) in [7, 11) is 0. The van der Waals surface area contributed by atoms with E-state index in [0.29, 0.717) is 25.5 Å². The average Bonchev–Trinajstić information content (AvgIpc) is 2.64. The van der Waals surface area contributed by atoms with E-state index in [-0.39, 0.29) is 0 Å². The van der Waals surface area contributed by atoms with Crippen molar-refractivity contribution in [2.75, 3.05) is 0 Å². The third-order valence-electron chi connectivity index (χ3n) is 2.00. The lowest BCUT2D eigenvalue weighted by atomic mass is 10.2. The zero-order valence-electron chi connectivity index (χ0n) is 7.84. The van der Waals surface area contributed by atoms with Crippen molar-refractivity contribution in [2.24, 2.45) is 0 Å². The molecule has 1 aromatic carbocycles. The number of aldehydes is 1. The van der Waals surface area contributed by atoms with Crippen LogP contribution in [0.1, 0.15) is 9.67 Å². The number of thiophene rings is 1. The molecule has 82 valence electrons.